The smallest absolute Gasteiger partial charge is 0.343 e. The van der Waals surface area contributed by atoms with Crippen LogP contribution >= 0.6 is 0 Å². The van der Waals surface area contributed by atoms with Gasteiger partial charge in [0.05, 0.1) is 19.8 Å². The normalized spacial score (nSPS) is 10.6. The molecular formula is C24H20O5. The van der Waals surface area contributed by atoms with Gasteiger partial charge in [0.1, 0.15) is 17.2 Å². The van der Waals surface area contributed by atoms with E-state index in [1.807, 2.05) is 24.3 Å². The monoisotopic (exact) mass is 388 g/mol. The van der Waals surface area contributed by atoms with Crippen molar-refractivity contribution in [2.45, 2.75) is 0 Å². The molecule has 5 heteroatoms. The Balaban J connectivity index is 1.65. The molecule has 3 aromatic carbocycles. The summed E-state index contributed by atoms with van der Waals surface area (Å²) in [5.74, 6) is 1.06. The average molecular weight is 388 g/mol. The molecule has 0 unspecified atom stereocenters. The minimum Gasteiger partial charge on any atom is -0.497 e. The van der Waals surface area contributed by atoms with Crippen LogP contribution in [-0.2, 0) is 0 Å². The van der Waals surface area contributed by atoms with E-state index in [2.05, 4.69) is 0 Å². The van der Waals surface area contributed by atoms with Crippen LogP contribution in [0.15, 0.2) is 78.9 Å². The summed E-state index contributed by atoms with van der Waals surface area (Å²) in [6.45, 7) is 0. The maximum Gasteiger partial charge on any atom is 0.343 e. The highest BCUT2D eigenvalue weighted by Gasteiger charge is 2.10. The lowest BCUT2D eigenvalue weighted by atomic mass is 10.1. The van der Waals surface area contributed by atoms with Crippen molar-refractivity contribution in [2.75, 3.05) is 14.2 Å². The van der Waals surface area contributed by atoms with Crippen LogP contribution in [0.25, 0.3) is 6.08 Å². The number of rotatable bonds is 7. The lowest BCUT2D eigenvalue weighted by molar-refractivity contribution is 0.0734. The third kappa shape index (κ3) is 5.11. The topological polar surface area (TPSA) is 61.8 Å². The van der Waals surface area contributed by atoms with Gasteiger partial charge in [0.15, 0.2) is 5.78 Å². The number of hydrogen-bond acceptors (Lipinski definition) is 5. The summed E-state index contributed by atoms with van der Waals surface area (Å²) < 4.78 is 15.7. The summed E-state index contributed by atoms with van der Waals surface area (Å²) in [5, 5.41) is 0. The van der Waals surface area contributed by atoms with Crippen LogP contribution in [-0.4, -0.2) is 26.0 Å². The highest BCUT2D eigenvalue weighted by molar-refractivity contribution is 6.07. The summed E-state index contributed by atoms with van der Waals surface area (Å²) in [7, 11) is 3.14. The largest absolute Gasteiger partial charge is 0.497 e. The summed E-state index contributed by atoms with van der Waals surface area (Å²) in [6, 6.07) is 20.5. The van der Waals surface area contributed by atoms with E-state index in [4.69, 9.17) is 14.2 Å². The predicted molar refractivity (Wildman–Crippen MR) is 111 cm³/mol. The summed E-state index contributed by atoms with van der Waals surface area (Å²) in [6.07, 6.45) is 3.19. The Kier molecular flexibility index (Phi) is 6.43. The number of carbonyl (C=O) groups excluding carboxylic acids is 2. The van der Waals surface area contributed by atoms with Gasteiger partial charge in [0.25, 0.3) is 0 Å². The first kappa shape index (κ1) is 19.9. The Morgan fingerprint density at radius 2 is 1.34 bits per heavy atom. The molecule has 0 aromatic heterocycles. The maximum absolute atomic E-state index is 12.4. The molecule has 3 aromatic rings. The zero-order chi connectivity index (χ0) is 20.6. The molecule has 0 atom stereocenters. The molecule has 5 nitrogen and oxygen atoms in total. The fourth-order valence-electron chi connectivity index (χ4n) is 2.65. The second kappa shape index (κ2) is 9.37. The number of methoxy groups -OCH3 is 2. The zero-order valence-corrected chi connectivity index (χ0v) is 16.1. The Morgan fingerprint density at radius 3 is 2.00 bits per heavy atom. The van der Waals surface area contributed by atoms with Crippen molar-refractivity contribution in [3.05, 3.63) is 95.6 Å². The number of carbonyl (C=O) groups is 2. The molecule has 0 radical (unpaired) electrons. The van der Waals surface area contributed by atoms with Crippen LogP contribution in [0, 0.1) is 0 Å². The molecule has 0 bridgehead atoms. The van der Waals surface area contributed by atoms with Crippen LogP contribution in [0.2, 0.25) is 0 Å². The van der Waals surface area contributed by atoms with Gasteiger partial charge in [-0.1, -0.05) is 18.2 Å². The molecule has 0 aliphatic heterocycles. The summed E-state index contributed by atoms with van der Waals surface area (Å²) >= 11 is 0. The Hall–Kier alpha value is -3.86. The number of ether oxygens (including phenoxy) is 3. The van der Waals surface area contributed by atoms with Gasteiger partial charge in [0, 0.05) is 11.1 Å². The lowest BCUT2D eigenvalue weighted by Gasteiger charge is -2.06. The average Bonchev–Trinajstić information content (AvgIpc) is 2.78. The number of allylic oxidation sites excluding steroid dienone is 1. The van der Waals surface area contributed by atoms with Gasteiger partial charge in [-0.05, 0) is 66.7 Å². The molecular weight excluding hydrogens is 368 g/mol. The van der Waals surface area contributed by atoms with Gasteiger partial charge in [-0.2, -0.15) is 0 Å². The van der Waals surface area contributed by atoms with Crippen molar-refractivity contribution in [3.8, 4) is 17.2 Å². The number of benzene rings is 3. The van der Waals surface area contributed by atoms with Crippen molar-refractivity contribution in [1.29, 1.82) is 0 Å². The Bertz CT molecular complexity index is 1020. The van der Waals surface area contributed by atoms with Gasteiger partial charge in [0.2, 0.25) is 0 Å². The molecule has 0 fully saturated rings. The van der Waals surface area contributed by atoms with Crippen molar-refractivity contribution < 1.29 is 23.8 Å². The van der Waals surface area contributed by atoms with E-state index in [-0.39, 0.29) is 5.78 Å². The highest BCUT2D eigenvalue weighted by atomic mass is 16.5. The van der Waals surface area contributed by atoms with E-state index >= 15 is 0 Å². The van der Waals surface area contributed by atoms with Gasteiger partial charge in [-0.25, -0.2) is 4.79 Å². The number of para-hydroxylation sites is 1. The molecule has 0 aliphatic rings. The Morgan fingerprint density at radius 1 is 0.724 bits per heavy atom. The minimum absolute atomic E-state index is 0.163. The molecule has 0 heterocycles. The molecule has 3 rings (SSSR count). The molecule has 0 saturated carbocycles. The molecule has 0 N–H and O–H groups in total. The van der Waals surface area contributed by atoms with Crippen molar-refractivity contribution in [1.82, 2.24) is 0 Å². The van der Waals surface area contributed by atoms with E-state index in [0.717, 1.165) is 5.56 Å². The van der Waals surface area contributed by atoms with Crippen LogP contribution < -0.4 is 14.2 Å². The van der Waals surface area contributed by atoms with Crippen molar-refractivity contribution in [3.63, 3.8) is 0 Å². The second-order valence-electron chi connectivity index (χ2n) is 6.08. The quantitative estimate of drug-likeness (QED) is 0.251. The minimum atomic E-state index is -0.484. The van der Waals surface area contributed by atoms with E-state index in [1.165, 1.54) is 6.08 Å². The molecule has 0 aliphatic carbocycles. The van der Waals surface area contributed by atoms with Crippen LogP contribution in [0.5, 0.6) is 17.2 Å². The summed E-state index contributed by atoms with van der Waals surface area (Å²) in [4.78, 5) is 24.6. The molecule has 0 spiro atoms. The predicted octanol–water partition coefficient (Wildman–Crippen LogP) is 4.82. The maximum atomic E-state index is 12.4. The number of esters is 1. The van der Waals surface area contributed by atoms with Crippen molar-refractivity contribution in [2.24, 2.45) is 0 Å². The van der Waals surface area contributed by atoms with Gasteiger partial charge >= 0.3 is 5.97 Å². The third-order valence-corrected chi connectivity index (χ3v) is 4.23. The van der Waals surface area contributed by atoms with Crippen LogP contribution in [0.4, 0.5) is 0 Å². The van der Waals surface area contributed by atoms with E-state index in [0.29, 0.717) is 28.4 Å². The molecule has 146 valence electrons. The standard InChI is InChI=1S/C24H20O5/c1-27-20-12-9-19(10-13-20)24(26)29-21-14-7-17(8-15-21)22(25)16-11-18-5-3-4-6-23(18)28-2/h3-16H,1-2H3/b16-11+. The highest BCUT2D eigenvalue weighted by Crippen LogP contribution is 2.20. The van der Waals surface area contributed by atoms with E-state index in [9.17, 15) is 9.59 Å². The fourth-order valence-corrected chi connectivity index (χ4v) is 2.65. The third-order valence-electron chi connectivity index (χ3n) is 4.23. The van der Waals surface area contributed by atoms with Crippen LogP contribution in [0.1, 0.15) is 26.3 Å². The molecule has 0 amide bonds. The first-order chi connectivity index (χ1) is 14.1. The number of ketones is 1. The Labute approximate surface area is 169 Å². The SMILES string of the molecule is COc1ccc(C(=O)Oc2ccc(C(=O)/C=C/c3ccccc3OC)cc2)cc1. The van der Waals surface area contributed by atoms with Gasteiger partial charge < -0.3 is 14.2 Å². The number of hydrogen-bond donors (Lipinski definition) is 0. The van der Waals surface area contributed by atoms with E-state index in [1.54, 1.807) is 68.8 Å². The molecule has 29 heavy (non-hydrogen) atoms. The van der Waals surface area contributed by atoms with Gasteiger partial charge in [-0.15, -0.1) is 0 Å². The first-order valence-corrected chi connectivity index (χ1v) is 8.92. The van der Waals surface area contributed by atoms with Gasteiger partial charge in [-0.3, -0.25) is 4.79 Å². The van der Waals surface area contributed by atoms with Crippen LogP contribution in [0.3, 0.4) is 0 Å². The first-order valence-electron chi connectivity index (χ1n) is 8.92. The zero-order valence-electron chi connectivity index (χ0n) is 16.1. The second-order valence-corrected chi connectivity index (χ2v) is 6.08. The summed E-state index contributed by atoms with van der Waals surface area (Å²) in [5.41, 5.74) is 1.71. The van der Waals surface area contributed by atoms with Crippen molar-refractivity contribution >= 4 is 17.8 Å². The van der Waals surface area contributed by atoms with E-state index < -0.39 is 5.97 Å². The lowest BCUT2D eigenvalue weighted by Crippen LogP contribution is -2.08. The fraction of sp³-hybridized carbons (Fsp3) is 0.0833. The molecule has 0 saturated heterocycles.